The minimum absolute atomic E-state index is 0.0422. The highest BCUT2D eigenvalue weighted by Gasteiger charge is 2.18. The second kappa shape index (κ2) is 13.8. The molecule has 0 aromatic heterocycles. The minimum Gasteiger partial charge on any atom is -0.494 e. The van der Waals surface area contributed by atoms with E-state index in [0.717, 1.165) is 69.4 Å². The molecule has 1 aliphatic heterocycles. The second-order valence-electron chi connectivity index (χ2n) is 8.14. The molecule has 5 nitrogen and oxygen atoms in total. The zero-order valence-electron chi connectivity index (χ0n) is 18.6. The summed E-state index contributed by atoms with van der Waals surface area (Å²) in [5.41, 5.74) is 1.81. The molecule has 8 heteroatoms. The Balaban J connectivity index is 1.24. The number of ketones is 1. The molecule has 2 aromatic carbocycles. The number of carbonyl (C=O) groups is 1. The van der Waals surface area contributed by atoms with E-state index in [1.165, 1.54) is 5.56 Å². The number of hydrogen-bond acceptors (Lipinski definition) is 6. The fourth-order valence-corrected chi connectivity index (χ4v) is 4.52. The number of unbranched alkanes of at least 4 members (excludes halogenated alkanes) is 1. The molecule has 1 fully saturated rings. The molecule has 1 heterocycles. The predicted molar refractivity (Wildman–Crippen MR) is 136 cm³/mol. The molecule has 1 aliphatic rings. The van der Waals surface area contributed by atoms with Gasteiger partial charge in [-0.2, -0.15) is 5.26 Å². The van der Waals surface area contributed by atoms with Gasteiger partial charge in [0.25, 0.3) is 0 Å². The number of thioether (sulfide) groups is 1. The molecule has 1 saturated heterocycles. The van der Waals surface area contributed by atoms with E-state index in [2.05, 4.69) is 10.2 Å². The second-order valence-corrected chi connectivity index (χ2v) is 9.71. The number of hydrogen-bond donors (Lipinski definition) is 1. The number of Topliss-reactive ketones (excluding diaryl/α,β-unsaturated/α-hetero) is 1. The summed E-state index contributed by atoms with van der Waals surface area (Å²) in [7, 11) is 0. The number of piperidine rings is 1. The number of nitriles is 1. The van der Waals surface area contributed by atoms with Crippen LogP contribution in [-0.4, -0.2) is 48.7 Å². The third-order valence-electron chi connectivity index (χ3n) is 5.69. The maximum atomic E-state index is 11.9. The smallest absolute Gasteiger partial charge is 0.173 e. The van der Waals surface area contributed by atoms with E-state index in [4.69, 9.17) is 33.2 Å². The molecule has 0 spiro atoms. The van der Waals surface area contributed by atoms with Crippen LogP contribution in [0.4, 0.5) is 0 Å². The summed E-state index contributed by atoms with van der Waals surface area (Å²) in [5, 5.41) is 15.4. The zero-order valence-corrected chi connectivity index (χ0v) is 20.9. The third-order valence-corrected chi connectivity index (χ3v) is 6.97. The molecule has 0 atom stereocenters. The first-order valence-electron chi connectivity index (χ1n) is 11.2. The number of nitrogens with zero attached hydrogens (tertiary/aromatic N) is 2. The topological polar surface area (TPSA) is 65.4 Å². The predicted octanol–water partition coefficient (Wildman–Crippen LogP) is 5.80. The van der Waals surface area contributed by atoms with E-state index in [1.54, 1.807) is 12.1 Å². The molecule has 1 N–H and O–H groups in total. The van der Waals surface area contributed by atoms with E-state index in [-0.39, 0.29) is 11.5 Å². The number of halogens is 2. The molecule has 0 radical (unpaired) electrons. The fraction of sp³-hybridized carbons (Fsp3) is 0.440. The molecular formula is C25H29Cl2N3O2S. The van der Waals surface area contributed by atoms with Crippen molar-refractivity contribution in [1.29, 1.82) is 5.26 Å². The van der Waals surface area contributed by atoms with E-state index in [0.29, 0.717) is 28.3 Å². The van der Waals surface area contributed by atoms with Crippen LogP contribution in [0.3, 0.4) is 0 Å². The summed E-state index contributed by atoms with van der Waals surface area (Å²) in [5.74, 6) is 0.904. The molecule has 33 heavy (non-hydrogen) atoms. The Bertz CT molecular complexity index is 942. The van der Waals surface area contributed by atoms with Gasteiger partial charge in [0.1, 0.15) is 11.2 Å². The van der Waals surface area contributed by atoms with Gasteiger partial charge in [-0.25, -0.2) is 0 Å². The van der Waals surface area contributed by atoms with E-state index in [1.807, 2.05) is 35.7 Å². The van der Waals surface area contributed by atoms with Gasteiger partial charge in [-0.05, 0) is 99.0 Å². The average Bonchev–Trinajstić information content (AvgIpc) is 2.83. The molecule has 0 amide bonds. The molecule has 0 saturated carbocycles. The average molecular weight is 506 g/mol. The largest absolute Gasteiger partial charge is 0.494 e. The lowest BCUT2D eigenvalue weighted by molar-refractivity contribution is 0.102. The van der Waals surface area contributed by atoms with Gasteiger partial charge in [0, 0.05) is 18.2 Å². The Kier molecular flexibility index (Phi) is 10.8. The van der Waals surface area contributed by atoms with Crippen LogP contribution in [0.25, 0.3) is 0 Å². The van der Waals surface area contributed by atoms with E-state index < -0.39 is 0 Å². The van der Waals surface area contributed by atoms with Crippen molar-refractivity contribution < 1.29 is 9.53 Å². The summed E-state index contributed by atoms with van der Waals surface area (Å²) >= 11 is 13.1. The minimum atomic E-state index is -0.0422. The van der Waals surface area contributed by atoms with Gasteiger partial charge in [0.05, 0.1) is 22.4 Å². The van der Waals surface area contributed by atoms with Crippen molar-refractivity contribution in [1.82, 2.24) is 10.2 Å². The van der Waals surface area contributed by atoms with Crippen LogP contribution in [0.2, 0.25) is 10.0 Å². The number of ether oxygens (including phenoxy) is 1. The molecule has 176 valence electrons. The summed E-state index contributed by atoms with van der Waals surface area (Å²) in [6.45, 7) is 4.71. The maximum Gasteiger partial charge on any atom is 0.173 e. The number of thiocyanates is 1. The van der Waals surface area contributed by atoms with Crippen LogP contribution >= 0.6 is 35.0 Å². The summed E-state index contributed by atoms with van der Waals surface area (Å²) in [4.78, 5) is 14.3. The van der Waals surface area contributed by atoms with Crippen molar-refractivity contribution >= 4 is 40.7 Å². The lowest BCUT2D eigenvalue weighted by Gasteiger charge is -2.32. The number of rotatable bonds is 12. The Labute approximate surface area is 210 Å². The molecule has 3 rings (SSSR count). The zero-order chi connectivity index (χ0) is 23.5. The Morgan fingerprint density at radius 1 is 1.12 bits per heavy atom. The molecular weight excluding hydrogens is 477 g/mol. The van der Waals surface area contributed by atoms with Crippen molar-refractivity contribution in [3.05, 3.63) is 63.6 Å². The fourth-order valence-electron chi connectivity index (χ4n) is 3.83. The van der Waals surface area contributed by atoms with Crippen molar-refractivity contribution in [2.45, 2.75) is 38.3 Å². The van der Waals surface area contributed by atoms with Crippen LogP contribution in [0.15, 0.2) is 42.5 Å². The van der Waals surface area contributed by atoms with Gasteiger partial charge in [0.2, 0.25) is 0 Å². The number of benzene rings is 2. The summed E-state index contributed by atoms with van der Waals surface area (Å²) < 4.78 is 5.78. The highest BCUT2D eigenvalue weighted by Crippen LogP contribution is 2.24. The van der Waals surface area contributed by atoms with E-state index in [9.17, 15) is 4.79 Å². The Morgan fingerprint density at radius 3 is 2.58 bits per heavy atom. The lowest BCUT2D eigenvalue weighted by atomic mass is 10.0. The molecule has 0 unspecified atom stereocenters. The van der Waals surface area contributed by atoms with E-state index >= 15 is 0 Å². The quantitative estimate of drug-likeness (QED) is 0.223. The number of carbonyl (C=O) groups excluding carboxylic acids is 1. The van der Waals surface area contributed by atoms with Crippen LogP contribution in [0.5, 0.6) is 5.75 Å². The maximum absolute atomic E-state index is 11.9. The van der Waals surface area contributed by atoms with Crippen molar-refractivity contribution in [3.8, 4) is 11.2 Å². The normalized spacial score (nSPS) is 14.7. The van der Waals surface area contributed by atoms with Crippen molar-refractivity contribution in [3.63, 3.8) is 0 Å². The Hall–Kier alpha value is -1.75. The van der Waals surface area contributed by atoms with Gasteiger partial charge in [-0.3, -0.25) is 9.69 Å². The van der Waals surface area contributed by atoms with Crippen molar-refractivity contribution in [2.75, 3.05) is 32.0 Å². The summed E-state index contributed by atoms with van der Waals surface area (Å²) in [6.07, 6.45) is 4.33. The Morgan fingerprint density at radius 2 is 1.88 bits per heavy atom. The van der Waals surface area contributed by atoms with Gasteiger partial charge < -0.3 is 10.1 Å². The monoisotopic (exact) mass is 505 g/mol. The standard InChI is InChI=1S/C25H29Cl2N3O2S/c26-23-8-3-19(15-24(23)27)16-30-12-9-21(10-13-30)29-11-1-2-14-32-22-6-4-20(5-7-22)25(31)17-33-18-28/h3-8,15,21,29H,1-2,9-14,16-17H2. The van der Waals surface area contributed by atoms with Gasteiger partial charge in [0.15, 0.2) is 5.78 Å². The molecule has 2 aromatic rings. The third kappa shape index (κ3) is 8.84. The van der Waals surface area contributed by atoms with Crippen LogP contribution in [-0.2, 0) is 6.54 Å². The first-order chi connectivity index (χ1) is 16.0. The lowest BCUT2D eigenvalue weighted by Crippen LogP contribution is -2.42. The van der Waals surface area contributed by atoms with Crippen molar-refractivity contribution in [2.24, 2.45) is 0 Å². The van der Waals surface area contributed by atoms with Crippen LogP contribution in [0, 0.1) is 10.7 Å². The SMILES string of the molecule is N#CSCC(=O)c1ccc(OCCCCNC2CCN(Cc3ccc(Cl)c(Cl)c3)CC2)cc1. The van der Waals surface area contributed by atoms with Gasteiger partial charge >= 0.3 is 0 Å². The number of likely N-dealkylation sites (tertiary alicyclic amines) is 1. The molecule has 0 bridgehead atoms. The molecule has 0 aliphatic carbocycles. The summed E-state index contributed by atoms with van der Waals surface area (Å²) in [6, 6.07) is 13.6. The van der Waals surface area contributed by atoms with Crippen LogP contribution in [0.1, 0.15) is 41.6 Å². The highest BCUT2D eigenvalue weighted by atomic mass is 35.5. The van der Waals surface area contributed by atoms with Gasteiger partial charge in [-0.1, -0.05) is 29.3 Å². The highest BCUT2D eigenvalue weighted by molar-refractivity contribution is 8.04. The number of nitrogens with one attached hydrogen (secondary N) is 1. The first-order valence-corrected chi connectivity index (χ1v) is 13.0. The van der Waals surface area contributed by atoms with Gasteiger partial charge in [-0.15, -0.1) is 0 Å². The first kappa shape index (κ1) is 25.9. The van der Waals surface area contributed by atoms with Crippen LogP contribution < -0.4 is 10.1 Å².